The van der Waals surface area contributed by atoms with Crippen LogP contribution >= 0.6 is 0 Å². The van der Waals surface area contributed by atoms with Crippen LogP contribution in [0, 0.1) is 17.3 Å². The molecule has 0 aliphatic heterocycles. The fourth-order valence-corrected chi connectivity index (χ4v) is 14.3. The number of esters is 3. The van der Waals surface area contributed by atoms with Crippen LogP contribution in [0.4, 0.5) is 0 Å². The zero-order chi connectivity index (χ0) is 106. The number of ether oxygens (including phenoxy) is 3. The van der Waals surface area contributed by atoms with Crippen LogP contribution in [-0.4, -0.2) is 315 Å². The van der Waals surface area contributed by atoms with Crippen LogP contribution in [0.5, 0.6) is 0 Å². The second kappa shape index (κ2) is 69.9. The lowest BCUT2D eigenvalue weighted by Gasteiger charge is -2.29. The van der Waals surface area contributed by atoms with E-state index in [0.717, 1.165) is 16.7 Å². The van der Waals surface area contributed by atoms with Crippen LogP contribution < -0.4 is 59.7 Å². The Balaban J connectivity index is -0.000000478. The van der Waals surface area contributed by atoms with Crippen molar-refractivity contribution in [3.8, 4) is 0 Å². The molecule has 0 bridgehead atoms. The van der Waals surface area contributed by atoms with Gasteiger partial charge in [-0.05, 0) is 179 Å². The molecule has 24 N–H and O–H groups in total. The molecule has 0 aromatic heterocycles. The highest BCUT2D eigenvalue weighted by Gasteiger charge is 2.32. The minimum absolute atomic E-state index is 0.0213. The first-order chi connectivity index (χ1) is 61.6. The Morgan fingerprint density at radius 2 is 0.652 bits per heavy atom. The van der Waals surface area contributed by atoms with E-state index in [1.807, 2.05) is 90.9 Å². The van der Waals surface area contributed by atoms with Gasteiger partial charge in [-0.15, -0.1) is 0 Å². The third-order valence-electron chi connectivity index (χ3n) is 16.8. The standard InChI is InChI=1S/C12H17NO5S.2C11H16N2O4S.C11H21NO5S.2C10H21NO5S.C8H18N2O4S.C6H13NO5S/c14-12(15)11(9-10-5-2-1-3-6-10)13-7-4-8-19(16,17)18;2*12-11(14)10(9-5-2-1-3-6-9)13-7-4-8-18(15,16)17;1-4-7-17-11(13)10(9(2)3)12-6-5-8-18(14,15)16;1-10(2,3)8(9(12)16-4)11-6-5-7-17(13,14)15;1-8(9(12)16-10(2,3)4)11-6-5-7-17(13,14)15;1-6(2)7(8(9)11)10-4-3-5-15(12,13)14;1-5(6(8)9)7-3-2-4-13(10,11)12/h1-3,5-6,11,13H,4,7-9H2,(H,14,15)(H,16,17,18);2*1-3,5-6,10,13H,4,7-8H2,(H2,12,14)(H,15,16,17);4,9-10,12H,1,5-8H2,2-3H3,(H,14,15,16);2*8,11H,5-7H2,1-4H3,(H,13,14,15);6-7,10H,3-5H2,1-2H3,(H2,9,11)(H,12,13,14);5,7H,2-4H2,1H3,(H,8,9)(H,10,11,12)/t11-;3*10-;2*8-;7-;5-/m01001000/s1. The Bertz CT molecular complexity index is 4810. The lowest BCUT2D eigenvalue weighted by Crippen LogP contribution is -2.47. The van der Waals surface area contributed by atoms with Gasteiger partial charge in [-0.25, -0.2) is 0 Å². The molecule has 0 unspecified atom stereocenters. The number of hydrogen-bond acceptors (Lipinski definition) is 35. The molecule has 0 saturated heterocycles. The van der Waals surface area contributed by atoms with E-state index in [1.165, 1.54) is 20.1 Å². The summed E-state index contributed by atoms with van der Waals surface area (Å²) < 4.78 is 250. The van der Waals surface area contributed by atoms with E-state index in [2.05, 4.69) is 53.9 Å². The monoisotopic (exact) mass is 2090 g/mol. The third-order valence-corrected chi connectivity index (χ3v) is 23.2. The number of methoxy groups -OCH3 is 1. The molecule has 3 aromatic rings. The SMILES string of the molecule is C=CCOC(=O)[C@@H](NCCCS(=O)(=O)O)C(C)C.CC(C)[C@H](NCCCS(=O)(=O)O)C(N)=O.COC(=O)[C@@H](NCCCS(=O)(=O)O)C(C)(C)C.C[C@H](NCCCS(=O)(=O)O)C(=O)O.C[C@H](NCCCS(=O)(=O)O)C(=O)OC(C)(C)C.NC(=O)[C@@H](NCCCS(=O)(=O)O)c1ccccc1.NC(=O)[C@H](NCCCS(=O)(=O)O)c1ccccc1.O=C(O)[C@H](Cc1ccccc1)NCCCS(=O)(=O)O. The van der Waals surface area contributed by atoms with Crippen LogP contribution in [0.15, 0.2) is 104 Å². The second-order valence-corrected chi connectivity index (χ2v) is 44.8. The number of carboxylic acids is 2. The number of hydrogen-bond donors (Lipinski definition) is 21. The Labute approximate surface area is 794 Å². The van der Waals surface area contributed by atoms with Crippen LogP contribution in [0.3, 0.4) is 0 Å². The number of rotatable bonds is 56. The van der Waals surface area contributed by atoms with Crippen LogP contribution in [0.1, 0.15) is 163 Å². The Morgan fingerprint density at radius 1 is 0.370 bits per heavy atom. The summed E-state index contributed by atoms with van der Waals surface area (Å²) in [5, 5.41) is 40.1. The van der Waals surface area contributed by atoms with Crippen molar-refractivity contribution in [1.29, 1.82) is 0 Å². The molecule has 0 aliphatic rings. The van der Waals surface area contributed by atoms with Crippen LogP contribution in [0.25, 0.3) is 0 Å². The molecule has 56 heteroatoms. The first-order valence-corrected chi connectivity index (χ1v) is 54.5. The molecule has 0 aliphatic carbocycles. The van der Waals surface area contributed by atoms with Crippen molar-refractivity contribution < 1.29 is 167 Å². The van der Waals surface area contributed by atoms with E-state index < -0.39 is 171 Å². The average Bonchev–Trinajstić information content (AvgIpc) is 0.885. The fraction of sp³-hybridized carbons (Fsp3) is 0.646. The van der Waals surface area contributed by atoms with Gasteiger partial charge in [0.2, 0.25) is 17.7 Å². The van der Waals surface area contributed by atoms with Gasteiger partial charge in [0.1, 0.15) is 54.5 Å². The van der Waals surface area contributed by atoms with Gasteiger partial charge in [0, 0.05) is 0 Å². The lowest BCUT2D eigenvalue weighted by molar-refractivity contribution is -0.157. The summed E-state index contributed by atoms with van der Waals surface area (Å²) in [6.07, 6.45) is 3.52. The molecule has 0 radical (unpaired) electrons. The number of primary amides is 3. The summed E-state index contributed by atoms with van der Waals surface area (Å²) >= 11 is 0. The largest absolute Gasteiger partial charge is 0.480 e. The average molecular weight is 2100 g/mol. The van der Waals surface area contributed by atoms with E-state index in [9.17, 15) is 106 Å². The van der Waals surface area contributed by atoms with Gasteiger partial charge in [-0.2, -0.15) is 67.3 Å². The summed E-state index contributed by atoms with van der Waals surface area (Å²) in [7, 11) is -30.3. The van der Waals surface area contributed by atoms with Crippen molar-refractivity contribution in [1.82, 2.24) is 42.5 Å². The van der Waals surface area contributed by atoms with E-state index in [4.69, 9.17) is 73.3 Å². The predicted molar refractivity (Wildman–Crippen MR) is 506 cm³/mol. The number of amides is 3. The highest BCUT2D eigenvalue weighted by molar-refractivity contribution is 7.87. The van der Waals surface area contributed by atoms with Crippen molar-refractivity contribution in [2.24, 2.45) is 34.5 Å². The first-order valence-electron chi connectivity index (χ1n) is 41.7. The maximum absolute atomic E-state index is 11.6. The molecule has 0 heterocycles. The summed E-state index contributed by atoms with van der Waals surface area (Å²) in [5.74, 6) is -7.31. The summed E-state index contributed by atoms with van der Waals surface area (Å²) in [6, 6.07) is 22.2. The van der Waals surface area contributed by atoms with Gasteiger partial charge >= 0.3 is 29.8 Å². The van der Waals surface area contributed by atoms with Gasteiger partial charge in [0.15, 0.2) is 0 Å². The molecular weight excluding hydrogens is 1950 g/mol. The number of aliphatic carboxylic acids is 2. The molecule has 0 saturated carbocycles. The highest BCUT2D eigenvalue weighted by Crippen LogP contribution is 2.21. The van der Waals surface area contributed by atoms with E-state index >= 15 is 0 Å². The molecule has 3 rings (SSSR count). The van der Waals surface area contributed by atoms with Gasteiger partial charge in [-0.1, -0.05) is 152 Å². The summed E-state index contributed by atoms with van der Waals surface area (Å²) in [4.78, 5) is 89.4. The summed E-state index contributed by atoms with van der Waals surface area (Å²) in [6.45, 7) is 27.3. The second-order valence-electron chi connectivity index (χ2n) is 32.2. The fourth-order valence-electron chi connectivity index (χ4n) is 10.3. The predicted octanol–water partition coefficient (Wildman–Crippen LogP) is 1.04. The van der Waals surface area contributed by atoms with Crippen molar-refractivity contribution in [2.45, 2.75) is 195 Å². The van der Waals surface area contributed by atoms with Crippen molar-refractivity contribution >= 4 is 129 Å². The third kappa shape index (κ3) is 87.4. The Hall–Kier alpha value is -7.88. The van der Waals surface area contributed by atoms with Gasteiger partial charge in [0.05, 0.1) is 59.2 Å². The topological polar surface area (TPSA) is 814 Å². The normalized spacial score (nSPS) is 13.7. The first kappa shape index (κ1) is 136. The number of carbonyl (C=O) groups excluding carboxylic acids is 6. The van der Waals surface area contributed by atoms with Crippen molar-refractivity contribution in [3.05, 3.63) is 120 Å². The molecule has 8 atom stereocenters. The van der Waals surface area contributed by atoms with Crippen molar-refractivity contribution in [2.75, 3.05) is 112 Å². The van der Waals surface area contributed by atoms with E-state index in [0.29, 0.717) is 32.6 Å². The lowest BCUT2D eigenvalue weighted by atomic mass is 9.86. The van der Waals surface area contributed by atoms with E-state index in [-0.39, 0.29) is 159 Å². The Kier molecular flexibility index (Phi) is 70.2. The number of carboxylic acid groups (broad SMARTS) is 2. The number of nitrogens with one attached hydrogen (secondary N) is 8. The molecule has 3 amide bonds. The number of carbonyl (C=O) groups is 8. The smallest absolute Gasteiger partial charge is 0.323 e. The minimum atomic E-state index is -3.99. The number of nitrogens with two attached hydrogens (primary N) is 3. The molecule has 135 heavy (non-hydrogen) atoms. The van der Waals surface area contributed by atoms with Crippen LogP contribution in [0.2, 0.25) is 0 Å². The number of benzene rings is 3. The van der Waals surface area contributed by atoms with Crippen molar-refractivity contribution in [3.63, 3.8) is 0 Å². The molecule has 48 nitrogen and oxygen atoms in total. The molecule has 0 spiro atoms. The molecule has 0 fully saturated rings. The highest BCUT2D eigenvalue weighted by atomic mass is 32.2. The Morgan fingerprint density at radius 3 is 0.911 bits per heavy atom. The molecule has 3 aromatic carbocycles. The van der Waals surface area contributed by atoms with E-state index in [1.54, 1.807) is 76.2 Å². The zero-order valence-electron chi connectivity index (χ0n) is 78.1. The maximum Gasteiger partial charge on any atom is 0.323 e. The van der Waals surface area contributed by atoms with Crippen LogP contribution in [-0.2, 0) is 140 Å². The quantitative estimate of drug-likeness (QED) is 0.0123. The summed E-state index contributed by atoms with van der Waals surface area (Å²) in [5.41, 5.74) is 17.1. The van der Waals surface area contributed by atoms with Gasteiger partial charge < -0.3 is 84.2 Å². The van der Waals surface area contributed by atoms with Gasteiger partial charge in [-0.3, -0.25) is 74.8 Å². The minimum Gasteiger partial charge on any atom is -0.480 e. The van der Waals surface area contributed by atoms with Gasteiger partial charge in [0.25, 0.3) is 80.9 Å². The maximum atomic E-state index is 11.6. The molecule has 784 valence electrons. The zero-order valence-corrected chi connectivity index (χ0v) is 84.6. The molecular formula is C79H143N11O37S8.